The Balaban J connectivity index is 1.42. The predicted molar refractivity (Wildman–Crippen MR) is 102 cm³/mol. The number of benzene rings is 2. The van der Waals surface area contributed by atoms with Gasteiger partial charge in [0.15, 0.2) is 0 Å². The fraction of sp³-hybridized carbons (Fsp3) is 0.435. The van der Waals surface area contributed by atoms with Crippen LogP contribution in [-0.4, -0.2) is 11.9 Å². The molecule has 2 N–H and O–H groups in total. The van der Waals surface area contributed by atoms with Crippen LogP contribution in [0.3, 0.4) is 0 Å². The van der Waals surface area contributed by atoms with Crippen molar-refractivity contribution in [3.8, 4) is 0 Å². The highest BCUT2D eigenvalue weighted by atomic mass is 19.1. The maximum atomic E-state index is 13.5. The van der Waals surface area contributed by atoms with Gasteiger partial charge >= 0.3 is 0 Å². The third kappa shape index (κ3) is 2.87. The van der Waals surface area contributed by atoms with Gasteiger partial charge in [0, 0.05) is 17.0 Å². The molecule has 0 saturated heterocycles. The van der Waals surface area contributed by atoms with Crippen LogP contribution in [0.1, 0.15) is 48.0 Å². The molecule has 2 aromatic carbocycles. The summed E-state index contributed by atoms with van der Waals surface area (Å²) >= 11 is 0. The van der Waals surface area contributed by atoms with E-state index in [0.29, 0.717) is 11.5 Å². The van der Waals surface area contributed by atoms with E-state index in [2.05, 4.69) is 10.9 Å². The number of hydrazine groups is 1. The van der Waals surface area contributed by atoms with Gasteiger partial charge in [-0.25, -0.2) is 9.82 Å². The molecule has 4 heteroatoms. The summed E-state index contributed by atoms with van der Waals surface area (Å²) in [6.45, 7) is 0. The van der Waals surface area contributed by atoms with Crippen LogP contribution in [-0.2, 0) is 5.41 Å². The lowest BCUT2D eigenvalue weighted by atomic mass is 9.46. The number of rotatable bonds is 4. The smallest absolute Gasteiger partial charge is 0.265 e. The Morgan fingerprint density at radius 3 is 2.26 bits per heavy atom. The minimum atomic E-state index is -0.189. The van der Waals surface area contributed by atoms with Gasteiger partial charge in [-0.3, -0.25) is 10.2 Å². The van der Waals surface area contributed by atoms with E-state index in [9.17, 15) is 9.18 Å². The van der Waals surface area contributed by atoms with Crippen molar-refractivity contribution in [2.75, 3.05) is 0 Å². The summed E-state index contributed by atoms with van der Waals surface area (Å²) in [5, 5.41) is 0. The van der Waals surface area contributed by atoms with E-state index >= 15 is 0 Å². The second-order valence-electron chi connectivity index (χ2n) is 8.71. The van der Waals surface area contributed by atoms with Crippen LogP contribution in [0.2, 0.25) is 0 Å². The molecule has 0 aromatic heterocycles. The lowest BCUT2D eigenvalue weighted by Crippen LogP contribution is -2.66. The van der Waals surface area contributed by atoms with E-state index in [0.717, 1.165) is 24.7 Å². The third-order valence-corrected chi connectivity index (χ3v) is 7.11. The average Bonchev–Trinajstić information content (AvgIpc) is 2.68. The summed E-state index contributed by atoms with van der Waals surface area (Å²) in [4.78, 5) is 12.5. The molecule has 0 heterocycles. The Morgan fingerprint density at radius 2 is 1.59 bits per heavy atom. The lowest BCUT2D eigenvalue weighted by Gasteiger charge is -2.61. The molecule has 4 fully saturated rings. The van der Waals surface area contributed by atoms with Crippen LogP contribution in [0.25, 0.3) is 0 Å². The molecule has 4 aliphatic rings. The summed E-state index contributed by atoms with van der Waals surface area (Å²) < 4.78 is 13.5. The molecule has 0 spiro atoms. The molecule has 4 saturated carbocycles. The highest BCUT2D eigenvalue weighted by Gasteiger charge is 2.57. The van der Waals surface area contributed by atoms with Gasteiger partial charge < -0.3 is 0 Å². The first kappa shape index (κ1) is 16.9. The number of carbonyl (C=O) groups is 1. The molecular weight excluding hydrogens is 339 g/mol. The van der Waals surface area contributed by atoms with Crippen LogP contribution in [0, 0.1) is 23.6 Å². The summed E-state index contributed by atoms with van der Waals surface area (Å²) in [6.07, 6.45) is 6.06. The standard InChI is InChI=1S/C23H25FN2O/c24-20-8-6-19(7-9-20)23-13-15-10-16(14-23)12-18(11-15)21(23)25-26-22(27)17-4-2-1-3-5-17/h1-9,15-16,18,21,25H,10-14H2,(H,26,27). The Morgan fingerprint density at radius 1 is 0.926 bits per heavy atom. The largest absolute Gasteiger partial charge is 0.287 e. The molecule has 4 aliphatic carbocycles. The number of nitrogens with one attached hydrogen (secondary N) is 2. The monoisotopic (exact) mass is 364 g/mol. The van der Waals surface area contributed by atoms with Crippen LogP contribution in [0.15, 0.2) is 54.6 Å². The molecule has 3 unspecified atom stereocenters. The average molecular weight is 364 g/mol. The van der Waals surface area contributed by atoms with E-state index in [4.69, 9.17) is 0 Å². The molecule has 6 rings (SSSR count). The second kappa shape index (κ2) is 6.45. The Labute approximate surface area is 159 Å². The molecule has 27 heavy (non-hydrogen) atoms. The fourth-order valence-electron chi connectivity index (χ4n) is 6.30. The van der Waals surface area contributed by atoms with Crippen molar-refractivity contribution in [1.82, 2.24) is 10.9 Å². The van der Waals surface area contributed by atoms with Crippen LogP contribution < -0.4 is 10.9 Å². The van der Waals surface area contributed by atoms with E-state index in [-0.39, 0.29) is 23.2 Å². The van der Waals surface area contributed by atoms with Crippen molar-refractivity contribution >= 4 is 5.91 Å². The zero-order chi connectivity index (χ0) is 18.4. The number of amides is 1. The van der Waals surface area contributed by atoms with Gasteiger partial charge in [-0.1, -0.05) is 30.3 Å². The van der Waals surface area contributed by atoms with Gasteiger partial charge in [0.05, 0.1) is 0 Å². The molecule has 1 amide bonds. The fourth-order valence-corrected chi connectivity index (χ4v) is 6.30. The van der Waals surface area contributed by atoms with E-state index in [1.165, 1.54) is 24.8 Å². The quantitative estimate of drug-likeness (QED) is 0.798. The zero-order valence-electron chi connectivity index (χ0n) is 15.3. The Hall–Kier alpha value is -2.20. The van der Waals surface area contributed by atoms with Crippen molar-refractivity contribution in [3.63, 3.8) is 0 Å². The number of hydrogen-bond donors (Lipinski definition) is 2. The van der Waals surface area contributed by atoms with Crippen molar-refractivity contribution in [2.45, 2.75) is 43.6 Å². The van der Waals surface area contributed by atoms with Gasteiger partial charge in [0.2, 0.25) is 0 Å². The second-order valence-corrected chi connectivity index (χ2v) is 8.71. The number of halogens is 1. The summed E-state index contributed by atoms with van der Waals surface area (Å²) in [5.41, 5.74) is 8.26. The minimum absolute atomic E-state index is 0.00752. The van der Waals surface area contributed by atoms with Gasteiger partial charge in [-0.15, -0.1) is 0 Å². The minimum Gasteiger partial charge on any atom is -0.287 e. The highest BCUT2D eigenvalue weighted by molar-refractivity contribution is 5.93. The summed E-state index contributed by atoms with van der Waals surface area (Å²) in [7, 11) is 0. The number of hydrogen-bond acceptors (Lipinski definition) is 2. The predicted octanol–water partition coefficient (Wildman–Crippen LogP) is 4.21. The van der Waals surface area contributed by atoms with Crippen LogP contribution in [0.4, 0.5) is 4.39 Å². The normalized spacial score (nSPS) is 33.8. The summed E-state index contributed by atoms with van der Waals surface area (Å²) in [6, 6.07) is 16.6. The highest BCUT2D eigenvalue weighted by Crippen LogP contribution is 2.60. The Bertz CT molecular complexity index is 821. The SMILES string of the molecule is O=C(NNC1C2CC3CC(C2)CC1(c1ccc(F)cc1)C3)c1ccccc1. The van der Waals surface area contributed by atoms with Gasteiger partial charge in [-0.05, 0) is 79.7 Å². The first-order chi connectivity index (χ1) is 13.1. The van der Waals surface area contributed by atoms with Crippen molar-refractivity contribution in [1.29, 1.82) is 0 Å². The molecule has 2 aromatic rings. The van der Waals surface area contributed by atoms with Crippen molar-refractivity contribution in [3.05, 3.63) is 71.5 Å². The molecule has 3 nitrogen and oxygen atoms in total. The zero-order valence-corrected chi connectivity index (χ0v) is 15.3. The van der Waals surface area contributed by atoms with Crippen molar-refractivity contribution in [2.24, 2.45) is 17.8 Å². The molecule has 0 aliphatic heterocycles. The van der Waals surface area contributed by atoms with Gasteiger partial charge in [-0.2, -0.15) is 0 Å². The first-order valence-corrected chi connectivity index (χ1v) is 10.0. The van der Waals surface area contributed by atoms with Gasteiger partial charge in [0.25, 0.3) is 5.91 Å². The first-order valence-electron chi connectivity index (χ1n) is 10.0. The van der Waals surface area contributed by atoms with Crippen molar-refractivity contribution < 1.29 is 9.18 Å². The third-order valence-electron chi connectivity index (χ3n) is 7.11. The van der Waals surface area contributed by atoms with Gasteiger partial charge in [0.1, 0.15) is 5.82 Å². The maximum Gasteiger partial charge on any atom is 0.265 e. The van der Waals surface area contributed by atoms with E-state index in [1.54, 1.807) is 12.1 Å². The van der Waals surface area contributed by atoms with Crippen LogP contribution >= 0.6 is 0 Å². The Kier molecular flexibility index (Phi) is 4.05. The van der Waals surface area contributed by atoms with Crippen LogP contribution in [0.5, 0.6) is 0 Å². The number of carbonyl (C=O) groups excluding carboxylic acids is 1. The summed E-state index contributed by atoms with van der Waals surface area (Å²) in [5.74, 6) is 1.80. The molecular formula is C23H25FN2O. The molecule has 3 atom stereocenters. The van der Waals surface area contributed by atoms with E-state index < -0.39 is 0 Å². The molecule has 4 bridgehead atoms. The maximum absolute atomic E-state index is 13.5. The lowest BCUT2D eigenvalue weighted by molar-refractivity contribution is -0.0420. The molecule has 0 radical (unpaired) electrons. The topological polar surface area (TPSA) is 41.1 Å². The van der Waals surface area contributed by atoms with E-state index in [1.807, 2.05) is 42.5 Å². The molecule has 140 valence electrons.